The van der Waals surface area contributed by atoms with Gasteiger partial charge in [-0.05, 0) is 30.5 Å². The fraction of sp³-hybridized carbons (Fsp3) is 0.364. The van der Waals surface area contributed by atoms with Crippen LogP contribution in [0.1, 0.15) is 13.3 Å². The highest BCUT2D eigenvalue weighted by atomic mass is 19.1. The van der Waals surface area contributed by atoms with Crippen molar-refractivity contribution in [1.29, 1.82) is 0 Å². The number of carbonyl (C=O) groups excluding carboxylic acids is 1. The molecule has 1 saturated carbocycles. The van der Waals surface area contributed by atoms with Crippen molar-refractivity contribution in [3.8, 4) is 0 Å². The lowest BCUT2D eigenvalue weighted by molar-refractivity contribution is -0.117. The number of benzene rings is 1. The van der Waals surface area contributed by atoms with Crippen LogP contribution in [0.3, 0.4) is 0 Å². The summed E-state index contributed by atoms with van der Waals surface area (Å²) in [6.07, 6.45) is 0.924. The lowest BCUT2D eigenvalue weighted by Crippen LogP contribution is -2.15. The van der Waals surface area contributed by atoms with Crippen LogP contribution in [0.25, 0.3) is 0 Å². The summed E-state index contributed by atoms with van der Waals surface area (Å²) >= 11 is 0. The molecule has 0 radical (unpaired) electrons. The molecule has 1 fully saturated rings. The summed E-state index contributed by atoms with van der Waals surface area (Å²) < 4.78 is 12.7. The summed E-state index contributed by atoms with van der Waals surface area (Å²) in [5.41, 5.74) is 6.32. The van der Waals surface area contributed by atoms with Gasteiger partial charge in [0.15, 0.2) is 0 Å². The van der Waals surface area contributed by atoms with Crippen LogP contribution in [0.4, 0.5) is 15.8 Å². The third-order valence-electron chi connectivity index (χ3n) is 2.72. The van der Waals surface area contributed by atoms with E-state index in [-0.39, 0.29) is 17.5 Å². The number of nitrogen functional groups attached to an aromatic ring is 1. The van der Waals surface area contributed by atoms with Crippen molar-refractivity contribution >= 4 is 17.3 Å². The molecule has 2 unspecified atom stereocenters. The predicted molar refractivity (Wildman–Crippen MR) is 56.7 cm³/mol. The van der Waals surface area contributed by atoms with E-state index >= 15 is 0 Å². The number of carbonyl (C=O) groups is 1. The molecule has 0 heterocycles. The van der Waals surface area contributed by atoms with Crippen LogP contribution in [-0.4, -0.2) is 5.91 Å². The first-order valence-corrected chi connectivity index (χ1v) is 4.94. The monoisotopic (exact) mass is 208 g/mol. The Morgan fingerprint density at radius 3 is 2.80 bits per heavy atom. The van der Waals surface area contributed by atoms with Gasteiger partial charge in [-0.15, -0.1) is 0 Å². The Morgan fingerprint density at radius 2 is 2.27 bits per heavy atom. The minimum absolute atomic E-state index is 0.0270. The van der Waals surface area contributed by atoms with Crippen LogP contribution < -0.4 is 11.1 Å². The number of nitrogens with one attached hydrogen (secondary N) is 1. The van der Waals surface area contributed by atoms with Gasteiger partial charge in [0.2, 0.25) is 5.91 Å². The predicted octanol–water partition coefficient (Wildman–Crippen LogP) is 2.00. The Morgan fingerprint density at radius 1 is 1.60 bits per heavy atom. The average Bonchev–Trinajstić information content (AvgIpc) is 2.88. The fourth-order valence-corrected chi connectivity index (χ4v) is 1.56. The molecule has 80 valence electrons. The van der Waals surface area contributed by atoms with Gasteiger partial charge in [0.25, 0.3) is 0 Å². The second-order valence-corrected chi connectivity index (χ2v) is 4.04. The Labute approximate surface area is 87.5 Å². The van der Waals surface area contributed by atoms with Crippen molar-refractivity contribution in [2.75, 3.05) is 11.1 Å². The normalized spacial score (nSPS) is 23.6. The molecule has 15 heavy (non-hydrogen) atoms. The molecule has 0 bridgehead atoms. The van der Waals surface area contributed by atoms with Gasteiger partial charge in [-0.1, -0.05) is 6.92 Å². The molecule has 1 aliphatic carbocycles. The maximum Gasteiger partial charge on any atom is 0.227 e. The van der Waals surface area contributed by atoms with Gasteiger partial charge in [0, 0.05) is 5.92 Å². The highest BCUT2D eigenvalue weighted by Crippen LogP contribution is 2.38. The molecule has 1 aliphatic rings. The molecule has 1 aromatic rings. The van der Waals surface area contributed by atoms with Gasteiger partial charge in [-0.3, -0.25) is 4.79 Å². The van der Waals surface area contributed by atoms with Gasteiger partial charge >= 0.3 is 0 Å². The van der Waals surface area contributed by atoms with E-state index in [1.54, 1.807) is 0 Å². The summed E-state index contributed by atoms with van der Waals surface area (Å²) in [5, 5.41) is 2.70. The van der Waals surface area contributed by atoms with E-state index in [1.807, 2.05) is 6.92 Å². The molecule has 0 aromatic heterocycles. The molecule has 2 rings (SSSR count). The van der Waals surface area contributed by atoms with E-state index in [0.29, 0.717) is 11.6 Å². The standard InChI is InChI=1S/C11H13FN2O/c1-6-4-8(6)11(15)14-10-3-2-7(12)5-9(10)13/h2-3,5-6,8H,4,13H2,1H3,(H,14,15). The second kappa shape index (κ2) is 3.53. The number of halogens is 1. The Bertz CT molecular complexity index is 406. The maximum absolute atomic E-state index is 12.7. The second-order valence-electron chi connectivity index (χ2n) is 4.04. The van der Waals surface area contributed by atoms with Gasteiger partial charge in [-0.25, -0.2) is 4.39 Å². The lowest BCUT2D eigenvalue weighted by atomic mass is 10.2. The Balaban J connectivity index is 2.07. The van der Waals surface area contributed by atoms with E-state index in [9.17, 15) is 9.18 Å². The number of hydrogen-bond donors (Lipinski definition) is 2. The van der Waals surface area contributed by atoms with Crippen LogP contribution in [0.2, 0.25) is 0 Å². The lowest BCUT2D eigenvalue weighted by Gasteiger charge is -2.07. The number of amides is 1. The van der Waals surface area contributed by atoms with Crippen LogP contribution >= 0.6 is 0 Å². The van der Waals surface area contributed by atoms with Crippen molar-refractivity contribution in [2.24, 2.45) is 11.8 Å². The largest absolute Gasteiger partial charge is 0.397 e. The number of hydrogen-bond acceptors (Lipinski definition) is 2. The summed E-state index contributed by atoms with van der Waals surface area (Å²) in [5.74, 6) is 0.118. The van der Waals surface area contributed by atoms with Gasteiger partial charge in [0.1, 0.15) is 5.82 Å². The van der Waals surface area contributed by atoms with E-state index < -0.39 is 5.82 Å². The molecular weight excluding hydrogens is 195 g/mol. The topological polar surface area (TPSA) is 55.1 Å². The Hall–Kier alpha value is -1.58. The van der Waals surface area contributed by atoms with Crippen molar-refractivity contribution < 1.29 is 9.18 Å². The molecule has 0 aliphatic heterocycles. The molecule has 1 amide bonds. The SMILES string of the molecule is CC1CC1C(=O)Nc1ccc(F)cc1N. The third kappa shape index (κ3) is 2.09. The van der Waals surface area contributed by atoms with Crippen LogP contribution in [0.5, 0.6) is 0 Å². The summed E-state index contributed by atoms with van der Waals surface area (Å²) in [4.78, 5) is 11.6. The first-order valence-electron chi connectivity index (χ1n) is 4.94. The van der Waals surface area contributed by atoms with E-state index in [0.717, 1.165) is 6.42 Å². The zero-order valence-corrected chi connectivity index (χ0v) is 8.46. The minimum atomic E-state index is -0.398. The summed E-state index contributed by atoms with van der Waals surface area (Å²) in [6.45, 7) is 2.03. The molecule has 0 saturated heterocycles. The first kappa shape index (κ1) is 9.96. The molecule has 3 nitrogen and oxygen atoms in total. The number of rotatable bonds is 2. The fourth-order valence-electron chi connectivity index (χ4n) is 1.56. The van der Waals surface area contributed by atoms with Crippen LogP contribution in [-0.2, 0) is 4.79 Å². The van der Waals surface area contributed by atoms with Crippen LogP contribution in [0.15, 0.2) is 18.2 Å². The number of nitrogens with two attached hydrogens (primary N) is 1. The molecule has 2 atom stereocenters. The zero-order chi connectivity index (χ0) is 11.0. The molecule has 4 heteroatoms. The molecule has 1 aromatic carbocycles. The smallest absolute Gasteiger partial charge is 0.227 e. The highest BCUT2D eigenvalue weighted by Gasteiger charge is 2.39. The number of anilines is 2. The van der Waals surface area contributed by atoms with Crippen molar-refractivity contribution in [1.82, 2.24) is 0 Å². The molecule has 3 N–H and O–H groups in total. The highest BCUT2D eigenvalue weighted by molar-refractivity contribution is 5.96. The van der Waals surface area contributed by atoms with Gasteiger partial charge in [-0.2, -0.15) is 0 Å². The third-order valence-corrected chi connectivity index (χ3v) is 2.72. The molecule has 0 spiro atoms. The maximum atomic E-state index is 12.7. The van der Waals surface area contributed by atoms with E-state index in [1.165, 1.54) is 18.2 Å². The van der Waals surface area contributed by atoms with Crippen molar-refractivity contribution in [3.05, 3.63) is 24.0 Å². The zero-order valence-electron chi connectivity index (χ0n) is 8.46. The quantitative estimate of drug-likeness (QED) is 0.730. The summed E-state index contributed by atoms with van der Waals surface area (Å²) in [6, 6.07) is 3.96. The van der Waals surface area contributed by atoms with Gasteiger partial charge < -0.3 is 11.1 Å². The summed E-state index contributed by atoms with van der Waals surface area (Å²) in [7, 11) is 0. The van der Waals surface area contributed by atoms with Crippen molar-refractivity contribution in [3.63, 3.8) is 0 Å². The average molecular weight is 208 g/mol. The molecular formula is C11H13FN2O. The van der Waals surface area contributed by atoms with E-state index in [2.05, 4.69) is 5.32 Å². The van der Waals surface area contributed by atoms with Crippen LogP contribution in [0, 0.1) is 17.7 Å². The Kier molecular flexibility index (Phi) is 2.34. The van der Waals surface area contributed by atoms with E-state index in [4.69, 9.17) is 5.73 Å². The van der Waals surface area contributed by atoms with Gasteiger partial charge in [0.05, 0.1) is 11.4 Å². The minimum Gasteiger partial charge on any atom is -0.397 e. The van der Waals surface area contributed by atoms with Crippen molar-refractivity contribution in [2.45, 2.75) is 13.3 Å². The first-order chi connectivity index (χ1) is 7.08.